The molecule has 9 nitrogen and oxygen atoms in total. The average Bonchev–Trinajstić information content (AvgIpc) is 3.94. The summed E-state index contributed by atoms with van der Waals surface area (Å²) in [5, 5.41) is 1.27. The average molecular weight is 948 g/mol. The van der Waals surface area contributed by atoms with Gasteiger partial charge in [0.1, 0.15) is 5.92 Å². The molecule has 0 N–H and O–H groups in total. The highest BCUT2D eigenvalue weighted by Crippen LogP contribution is 2.51. The Morgan fingerprint density at radius 3 is 1.84 bits per heavy atom. The van der Waals surface area contributed by atoms with E-state index in [1.807, 2.05) is 12.1 Å². The molecule has 16 heteroatoms. The van der Waals surface area contributed by atoms with Crippen molar-refractivity contribution in [2.75, 3.05) is 4.90 Å². The van der Waals surface area contributed by atoms with Crippen molar-refractivity contribution in [2.24, 2.45) is 0 Å². The van der Waals surface area contributed by atoms with Gasteiger partial charge in [-0.05, 0) is 60.5 Å². The number of fused-ring (bicyclic) bond motifs is 3. The molecule has 61 heavy (non-hydrogen) atoms. The fraction of sp³-hybridized carbons (Fsp3) is 0.178. The lowest BCUT2D eigenvalue weighted by Gasteiger charge is -2.28. The number of carbonyl (C=O) groups excluding carboxylic acids is 6. The van der Waals surface area contributed by atoms with Gasteiger partial charge in [-0.2, -0.15) is 0 Å². The summed E-state index contributed by atoms with van der Waals surface area (Å²) in [6.07, 6.45) is 4.10. The molecule has 1 fully saturated rings. The van der Waals surface area contributed by atoms with Crippen molar-refractivity contribution in [2.45, 2.75) is 55.2 Å². The number of hydrogen-bond acceptors (Lipinski definition) is 8. The van der Waals surface area contributed by atoms with Gasteiger partial charge in [0.15, 0.2) is 11.6 Å². The fourth-order valence-corrected chi connectivity index (χ4v) is 12.2. The van der Waals surface area contributed by atoms with Crippen LogP contribution in [-0.2, 0) is 6.54 Å². The maximum Gasteiger partial charge on any atom is 0.267 e. The minimum Gasteiger partial charge on any atom is -0.293 e. The first-order chi connectivity index (χ1) is 29.2. The van der Waals surface area contributed by atoms with E-state index in [4.69, 9.17) is 74.6 Å². The number of carbonyl (C=O) groups is 6. The molecule has 2 aliphatic carbocycles. The van der Waals surface area contributed by atoms with E-state index < -0.39 is 41.1 Å². The summed E-state index contributed by atoms with van der Waals surface area (Å²) in [7, 11) is 0. The van der Waals surface area contributed by atoms with E-state index in [1.54, 1.807) is 43.3 Å². The van der Waals surface area contributed by atoms with Crippen LogP contribution in [0.15, 0.2) is 65.6 Å². The normalized spacial score (nSPS) is 17.5. The molecule has 1 atom stereocenters. The summed E-state index contributed by atoms with van der Waals surface area (Å²) >= 11 is 41.0. The molecule has 5 aromatic carbocycles. The second-order valence-corrected chi connectivity index (χ2v) is 18.8. The zero-order valence-electron chi connectivity index (χ0n) is 31.4. The molecule has 6 aromatic rings. The van der Waals surface area contributed by atoms with Crippen LogP contribution in [-0.4, -0.2) is 50.3 Å². The molecular formula is C45H25Cl6N3O6S. The lowest BCUT2D eigenvalue weighted by molar-refractivity contribution is 0.0597. The van der Waals surface area contributed by atoms with Crippen LogP contribution >= 0.6 is 81.4 Å². The van der Waals surface area contributed by atoms with Gasteiger partial charge in [0.25, 0.3) is 23.6 Å². The molecule has 304 valence electrons. The van der Waals surface area contributed by atoms with Gasteiger partial charge >= 0.3 is 0 Å². The number of amides is 4. The summed E-state index contributed by atoms with van der Waals surface area (Å²) in [5.41, 5.74) is 1.06. The summed E-state index contributed by atoms with van der Waals surface area (Å²) in [6.45, 7) is 1.44. The van der Waals surface area contributed by atoms with Crippen molar-refractivity contribution >= 4 is 144 Å². The number of aromatic nitrogens is 1. The fourth-order valence-electron chi connectivity index (χ4n) is 9.00. The number of ketones is 2. The molecule has 4 amide bonds. The standard InChI is InChI=1S/C45H25Cl6N3O6S/c1-17-26-29(35(49)41(32(17)46)61-20-8-2-3-9-20)40(56)28(39(26)55)24-14-13-21-19(16-53-42(57)22-10-4-6-18-7-5-11-23(27(18)22)43(53)58)12-15-25(38(21)52-24)54-44(59)30-31(45(54)60)34(48)37(51)36(50)33(30)47/h4-7,10-15,20,28H,2-3,8-9,16H2,1H3. The first-order valence-corrected chi connectivity index (χ1v) is 22.2. The van der Waals surface area contributed by atoms with Gasteiger partial charge in [-0.25, -0.2) is 9.88 Å². The molecule has 0 bridgehead atoms. The van der Waals surface area contributed by atoms with Crippen LogP contribution < -0.4 is 4.90 Å². The number of halogens is 6. The molecule has 1 unspecified atom stereocenters. The molecule has 0 saturated heterocycles. The predicted molar refractivity (Wildman–Crippen MR) is 238 cm³/mol. The van der Waals surface area contributed by atoms with Gasteiger partial charge in [-0.15, -0.1) is 11.8 Å². The zero-order valence-corrected chi connectivity index (χ0v) is 36.8. The van der Waals surface area contributed by atoms with Crippen LogP contribution in [0.4, 0.5) is 5.69 Å². The van der Waals surface area contributed by atoms with Crippen molar-refractivity contribution in [3.05, 3.63) is 141 Å². The molecule has 4 aliphatic rings. The van der Waals surface area contributed by atoms with Crippen LogP contribution in [0, 0.1) is 6.92 Å². The first-order valence-electron chi connectivity index (χ1n) is 19.0. The molecule has 2 aliphatic heterocycles. The zero-order chi connectivity index (χ0) is 42.9. The lowest BCUT2D eigenvalue weighted by Crippen LogP contribution is -2.39. The quantitative estimate of drug-likeness (QED) is 0.0700. The highest BCUT2D eigenvalue weighted by molar-refractivity contribution is 8.00. The number of benzene rings is 5. The van der Waals surface area contributed by atoms with Gasteiger partial charge in [0.05, 0.1) is 64.7 Å². The number of rotatable bonds is 6. The molecule has 0 spiro atoms. The van der Waals surface area contributed by atoms with Crippen LogP contribution in [0.25, 0.3) is 21.7 Å². The molecule has 1 aromatic heterocycles. The topological polar surface area (TPSA) is 122 Å². The smallest absolute Gasteiger partial charge is 0.267 e. The van der Waals surface area contributed by atoms with Crippen LogP contribution in [0.3, 0.4) is 0 Å². The van der Waals surface area contributed by atoms with Crippen LogP contribution in [0.1, 0.15) is 111 Å². The second kappa shape index (κ2) is 14.8. The van der Waals surface area contributed by atoms with Crippen molar-refractivity contribution in [1.29, 1.82) is 0 Å². The first kappa shape index (κ1) is 40.5. The van der Waals surface area contributed by atoms with E-state index in [2.05, 4.69) is 0 Å². The Morgan fingerprint density at radius 1 is 0.639 bits per heavy atom. The van der Waals surface area contributed by atoms with Crippen LogP contribution in [0.5, 0.6) is 0 Å². The maximum atomic E-state index is 14.5. The third-order valence-electron chi connectivity index (χ3n) is 11.9. The van der Waals surface area contributed by atoms with E-state index in [9.17, 15) is 28.8 Å². The van der Waals surface area contributed by atoms with E-state index in [1.165, 1.54) is 23.9 Å². The highest BCUT2D eigenvalue weighted by atomic mass is 35.5. The largest absolute Gasteiger partial charge is 0.293 e. The Kier molecular flexibility index (Phi) is 9.84. The SMILES string of the molecule is Cc1c(Cl)c(SC2CCCC2)c(Cl)c2c1C(=O)C(c1ccc3c(CN4C(=O)c5cccc6cccc(c56)C4=O)ccc(N4C(=O)c5c(Cl)c(Cl)c(Cl)c(Cl)c5C4=O)c3n1)C2=O. The van der Waals surface area contributed by atoms with Gasteiger partial charge in [-0.1, -0.05) is 119 Å². The number of anilines is 1. The number of thioether (sulfide) groups is 1. The molecule has 3 heterocycles. The summed E-state index contributed by atoms with van der Waals surface area (Å²) in [6, 6.07) is 16.5. The number of nitrogens with zero attached hydrogens (tertiary/aromatic N) is 3. The molecular weight excluding hydrogens is 923 g/mol. The number of hydrogen-bond donors (Lipinski definition) is 0. The third-order valence-corrected chi connectivity index (χ3v) is 16.3. The second-order valence-electron chi connectivity index (χ2n) is 15.3. The molecule has 0 radical (unpaired) electrons. The molecule has 10 rings (SSSR count). The summed E-state index contributed by atoms with van der Waals surface area (Å²) < 4.78 is 0. The van der Waals surface area contributed by atoms with Crippen molar-refractivity contribution in [3.63, 3.8) is 0 Å². The Labute approximate surface area is 381 Å². The van der Waals surface area contributed by atoms with E-state index >= 15 is 0 Å². The predicted octanol–water partition coefficient (Wildman–Crippen LogP) is 12.4. The minimum absolute atomic E-state index is 0.00169. The van der Waals surface area contributed by atoms with Gasteiger partial charge in [0, 0.05) is 43.2 Å². The highest BCUT2D eigenvalue weighted by Gasteiger charge is 2.47. The van der Waals surface area contributed by atoms with Crippen molar-refractivity contribution in [3.8, 4) is 0 Å². The van der Waals surface area contributed by atoms with Crippen LogP contribution in [0.2, 0.25) is 30.1 Å². The Balaban J connectivity index is 1.12. The Morgan fingerprint density at radius 2 is 1.23 bits per heavy atom. The number of Topliss-reactive ketones (excluding diaryl/α,β-unsaturated/α-hetero) is 2. The van der Waals surface area contributed by atoms with Gasteiger partial charge in [-0.3, -0.25) is 33.7 Å². The lowest BCUT2D eigenvalue weighted by atomic mass is 9.93. The van der Waals surface area contributed by atoms with Gasteiger partial charge < -0.3 is 0 Å². The van der Waals surface area contributed by atoms with E-state index in [0.29, 0.717) is 42.9 Å². The Bertz CT molecular complexity index is 3030. The Hall–Kier alpha value is -4.52. The van der Waals surface area contributed by atoms with E-state index in [0.717, 1.165) is 40.9 Å². The summed E-state index contributed by atoms with van der Waals surface area (Å²) in [5.74, 6) is -5.42. The van der Waals surface area contributed by atoms with Crippen molar-refractivity contribution in [1.82, 2.24) is 9.88 Å². The summed E-state index contributed by atoms with van der Waals surface area (Å²) in [4.78, 5) is 92.7. The number of pyridine rings is 1. The van der Waals surface area contributed by atoms with Gasteiger partial charge in [0.2, 0.25) is 0 Å². The third kappa shape index (κ3) is 5.87. The molecule has 1 saturated carbocycles. The minimum atomic E-state index is -1.46. The maximum absolute atomic E-state index is 14.5. The van der Waals surface area contributed by atoms with E-state index in [-0.39, 0.29) is 76.1 Å². The van der Waals surface area contributed by atoms with Crippen molar-refractivity contribution < 1.29 is 28.8 Å². The number of imide groups is 2. The monoisotopic (exact) mass is 945 g/mol.